The Labute approximate surface area is 99.9 Å². The van der Waals surface area contributed by atoms with E-state index in [0.717, 1.165) is 12.1 Å². The molecule has 2 N–H and O–H groups in total. The van der Waals surface area contributed by atoms with Crippen LogP contribution in [-0.2, 0) is 0 Å². The maximum absolute atomic E-state index is 11.6. The number of rotatable bonds is 4. The third-order valence-corrected chi connectivity index (χ3v) is 2.11. The van der Waals surface area contributed by atoms with E-state index in [1.807, 2.05) is 6.92 Å². The van der Waals surface area contributed by atoms with Gasteiger partial charge in [-0.3, -0.25) is 9.59 Å². The highest BCUT2D eigenvalue weighted by Crippen LogP contribution is 2.00. The minimum Gasteiger partial charge on any atom is -0.328 e. The summed E-state index contributed by atoms with van der Waals surface area (Å²) < 4.78 is 0. The molecule has 0 aliphatic heterocycles. The van der Waals surface area contributed by atoms with Gasteiger partial charge in [-0.15, -0.1) is 0 Å². The quantitative estimate of drug-likeness (QED) is 0.613. The zero-order chi connectivity index (χ0) is 12.8. The molecule has 0 saturated carbocycles. The first kappa shape index (κ1) is 13.2. The van der Waals surface area contributed by atoms with Crippen molar-refractivity contribution in [3.05, 3.63) is 34.2 Å². The Morgan fingerprint density at radius 2 is 2.24 bits per heavy atom. The summed E-state index contributed by atoms with van der Waals surface area (Å²) in [7, 11) is 0. The summed E-state index contributed by atoms with van der Waals surface area (Å²) >= 11 is 0. The molecule has 0 aliphatic rings. The minimum atomic E-state index is -0.491. The molecule has 0 saturated heterocycles. The first-order valence-corrected chi connectivity index (χ1v) is 5.52. The number of nitrogens with one attached hydrogen (secondary N) is 2. The van der Waals surface area contributed by atoms with E-state index in [1.54, 1.807) is 6.07 Å². The molecule has 0 unspecified atom stereocenters. The predicted octanol–water partition coefficient (Wildman–Crippen LogP) is 1.53. The number of amides is 1. The van der Waals surface area contributed by atoms with Gasteiger partial charge < -0.3 is 4.98 Å². The molecule has 0 aliphatic carbocycles. The summed E-state index contributed by atoms with van der Waals surface area (Å²) in [6.07, 6.45) is 2.29. The highest BCUT2D eigenvalue weighted by atomic mass is 16.2. The van der Waals surface area contributed by atoms with Crippen molar-refractivity contribution in [2.24, 2.45) is 11.0 Å². The van der Waals surface area contributed by atoms with Gasteiger partial charge in [-0.25, -0.2) is 5.43 Å². The second-order valence-corrected chi connectivity index (χ2v) is 4.30. The number of carbonyl (C=O) groups is 1. The van der Waals surface area contributed by atoms with Crippen molar-refractivity contribution >= 4 is 11.6 Å². The summed E-state index contributed by atoms with van der Waals surface area (Å²) in [4.78, 5) is 25.4. The molecular formula is C12H17N3O2. The fraction of sp³-hybridized carbons (Fsp3) is 0.417. The van der Waals surface area contributed by atoms with Crippen LogP contribution in [0.25, 0.3) is 0 Å². The van der Waals surface area contributed by atoms with Crippen LogP contribution in [0, 0.1) is 5.92 Å². The average Bonchev–Trinajstić information content (AvgIpc) is 2.25. The lowest BCUT2D eigenvalue weighted by molar-refractivity contribution is 0.0953. The van der Waals surface area contributed by atoms with Crippen molar-refractivity contribution in [2.45, 2.75) is 27.2 Å². The molecule has 0 spiro atoms. The number of H-pyrrole nitrogens is 1. The SMILES string of the molecule is CC(CC(C)C)=NNC(=O)c1ccc[nH]c1=O. The zero-order valence-corrected chi connectivity index (χ0v) is 10.3. The lowest BCUT2D eigenvalue weighted by atomic mass is 10.1. The van der Waals surface area contributed by atoms with Crippen LogP contribution in [0.15, 0.2) is 28.2 Å². The van der Waals surface area contributed by atoms with Crippen LogP contribution in [0.3, 0.4) is 0 Å². The summed E-state index contributed by atoms with van der Waals surface area (Å²) in [6.45, 7) is 5.99. The number of pyridine rings is 1. The van der Waals surface area contributed by atoms with Gasteiger partial charge in [0.2, 0.25) is 0 Å². The van der Waals surface area contributed by atoms with E-state index >= 15 is 0 Å². The molecule has 1 rings (SSSR count). The molecule has 0 bridgehead atoms. The Morgan fingerprint density at radius 3 is 2.82 bits per heavy atom. The van der Waals surface area contributed by atoms with E-state index in [2.05, 4.69) is 29.4 Å². The molecule has 0 atom stereocenters. The van der Waals surface area contributed by atoms with Crippen molar-refractivity contribution < 1.29 is 4.79 Å². The molecule has 1 aromatic heterocycles. The Hall–Kier alpha value is -1.91. The highest BCUT2D eigenvalue weighted by molar-refractivity contribution is 5.94. The highest BCUT2D eigenvalue weighted by Gasteiger charge is 2.08. The smallest absolute Gasteiger partial charge is 0.276 e. The molecule has 1 amide bonds. The monoisotopic (exact) mass is 235 g/mol. The topological polar surface area (TPSA) is 74.3 Å². The fourth-order valence-electron chi connectivity index (χ4n) is 1.44. The van der Waals surface area contributed by atoms with E-state index in [0.29, 0.717) is 5.92 Å². The first-order chi connectivity index (χ1) is 8.00. The summed E-state index contributed by atoms with van der Waals surface area (Å²) in [5, 5.41) is 3.95. The van der Waals surface area contributed by atoms with Crippen LogP contribution in [0.2, 0.25) is 0 Å². The molecule has 1 aromatic rings. The number of hydrogen-bond acceptors (Lipinski definition) is 3. The lowest BCUT2D eigenvalue weighted by Gasteiger charge is -2.04. The molecule has 5 heteroatoms. The van der Waals surface area contributed by atoms with E-state index in [1.165, 1.54) is 12.3 Å². The number of hydrazone groups is 1. The Balaban J connectivity index is 2.68. The van der Waals surface area contributed by atoms with Crippen LogP contribution in [0.4, 0.5) is 0 Å². The van der Waals surface area contributed by atoms with E-state index in [9.17, 15) is 9.59 Å². The number of aromatic nitrogens is 1. The van der Waals surface area contributed by atoms with Crippen LogP contribution in [-0.4, -0.2) is 16.6 Å². The number of aromatic amines is 1. The summed E-state index contributed by atoms with van der Waals surface area (Å²) in [5.74, 6) is -0.00858. The first-order valence-electron chi connectivity index (χ1n) is 5.52. The van der Waals surface area contributed by atoms with E-state index in [4.69, 9.17) is 0 Å². The van der Waals surface area contributed by atoms with Crippen molar-refractivity contribution in [1.82, 2.24) is 10.4 Å². The van der Waals surface area contributed by atoms with Crippen molar-refractivity contribution in [3.8, 4) is 0 Å². The zero-order valence-electron chi connectivity index (χ0n) is 10.3. The van der Waals surface area contributed by atoms with Gasteiger partial charge in [0, 0.05) is 11.9 Å². The summed E-state index contributed by atoms with van der Waals surface area (Å²) in [5.41, 5.74) is 2.86. The van der Waals surface area contributed by atoms with Crippen molar-refractivity contribution in [2.75, 3.05) is 0 Å². The molecule has 0 fully saturated rings. The maximum atomic E-state index is 11.6. The maximum Gasteiger partial charge on any atom is 0.276 e. The fourth-order valence-corrected chi connectivity index (χ4v) is 1.44. The molecular weight excluding hydrogens is 218 g/mol. The van der Waals surface area contributed by atoms with Crippen LogP contribution < -0.4 is 11.0 Å². The van der Waals surface area contributed by atoms with Gasteiger partial charge in [0.25, 0.3) is 11.5 Å². The summed E-state index contributed by atoms with van der Waals surface area (Å²) in [6, 6.07) is 3.06. The van der Waals surface area contributed by atoms with Gasteiger partial charge in [0.15, 0.2) is 0 Å². The number of carbonyl (C=O) groups excluding carboxylic acids is 1. The van der Waals surface area contributed by atoms with Gasteiger partial charge >= 0.3 is 0 Å². The average molecular weight is 235 g/mol. The lowest BCUT2D eigenvalue weighted by Crippen LogP contribution is -2.26. The molecule has 17 heavy (non-hydrogen) atoms. The Bertz CT molecular complexity index is 475. The third kappa shape index (κ3) is 4.22. The normalized spacial score (nSPS) is 11.6. The minimum absolute atomic E-state index is 0.0635. The standard InChI is InChI=1S/C12H17N3O2/c1-8(2)7-9(3)14-15-12(17)10-5-4-6-13-11(10)16/h4-6,8H,7H2,1-3H3,(H,13,16)(H,15,17). The van der Waals surface area contributed by atoms with Gasteiger partial charge in [-0.05, 0) is 31.4 Å². The van der Waals surface area contributed by atoms with Gasteiger partial charge in [0.05, 0.1) is 0 Å². The van der Waals surface area contributed by atoms with Gasteiger partial charge in [0.1, 0.15) is 5.56 Å². The van der Waals surface area contributed by atoms with Crippen molar-refractivity contribution in [1.29, 1.82) is 0 Å². The second-order valence-electron chi connectivity index (χ2n) is 4.30. The second kappa shape index (κ2) is 5.98. The molecule has 1 heterocycles. The van der Waals surface area contributed by atoms with Gasteiger partial charge in [-0.1, -0.05) is 13.8 Å². The van der Waals surface area contributed by atoms with E-state index < -0.39 is 11.5 Å². The third-order valence-electron chi connectivity index (χ3n) is 2.11. The van der Waals surface area contributed by atoms with Crippen LogP contribution >= 0.6 is 0 Å². The van der Waals surface area contributed by atoms with Crippen LogP contribution in [0.5, 0.6) is 0 Å². The number of hydrogen-bond donors (Lipinski definition) is 2. The van der Waals surface area contributed by atoms with Gasteiger partial charge in [-0.2, -0.15) is 5.10 Å². The molecule has 0 aromatic carbocycles. The number of nitrogens with zero attached hydrogens (tertiary/aromatic N) is 1. The molecule has 0 radical (unpaired) electrons. The van der Waals surface area contributed by atoms with E-state index in [-0.39, 0.29) is 5.56 Å². The van der Waals surface area contributed by atoms with Crippen LogP contribution in [0.1, 0.15) is 37.6 Å². The molecule has 92 valence electrons. The molecule has 5 nitrogen and oxygen atoms in total. The van der Waals surface area contributed by atoms with Crippen molar-refractivity contribution in [3.63, 3.8) is 0 Å². The Morgan fingerprint density at radius 1 is 1.53 bits per heavy atom. The largest absolute Gasteiger partial charge is 0.328 e. The predicted molar refractivity (Wildman–Crippen MR) is 67.1 cm³/mol. The Kier molecular flexibility index (Phi) is 4.63.